The summed E-state index contributed by atoms with van der Waals surface area (Å²) in [5.74, 6) is -0.623. The highest BCUT2D eigenvalue weighted by molar-refractivity contribution is 5.30. The maximum atomic E-state index is 11.6. The van der Waals surface area contributed by atoms with E-state index in [-0.39, 0.29) is 10.6 Å². The van der Waals surface area contributed by atoms with Gasteiger partial charge in [0, 0.05) is 37.8 Å². The van der Waals surface area contributed by atoms with Crippen LogP contribution in [-0.4, -0.2) is 10.3 Å². The van der Waals surface area contributed by atoms with E-state index in [9.17, 15) is 15.2 Å². The summed E-state index contributed by atoms with van der Waals surface area (Å²) in [6, 6.07) is 0. The first kappa shape index (κ1) is 11.6. The molecule has 0 bridgehead atoms. The fourth-order valence-electron chi connectivity index (χ4n) is 1.02. The molecule has 0 aromatic heterocycles. The Balaban J connectivity index is 2.98. The van der Waals surface area contributed by atoms with E-state index in [0.29, 0.717) is 4.76 Å². The molecule has 0 aliphatic carbocycles. The summed E-state index contributed by atoms with van der Waals surface area (Å²) in [6.07, 6.45) is 5.26. The molecule has 0 unspecified atom stereocenters. The Hall–Kier alpha value is -1.46. The van der Waals surface area contributed by atoms with Crippen molar-refractivity contribution >= 4 is 0 Å². The predicted molar refractivity (Wildman–Crippen MR) is 53.7 cm³/mol. The molecule has 1 rings (SSSR count). The number of nitrogens with one attached hydrogen (secondary N) is 1. The normalized spacial score (nSPS) is 20.5. The van der Waals surface area contributed by atoms with Crippen LogP contribution in [0.2, 0.25) is 0 Å². The van der Waals surface area contributed by atoms with Gasteiger partial charge >= 0.3 is 5.88 Å². The lowest BCUT2D eigenvalue weighted by Gasteiger charge is -2.13. The largest absolute Gasteiger partial charge is 0.624 e. The third-order valence-electron chi connectivity index (χ3n) is 1.89. The second-order valence-corrected chi connectivity index (χ2v) is 4.29. The van der Waals surface area contributed by atoms with Gasteiger partial charge in [0.2, 0.25) is 5.54 Å². The monoisotopic (exact) mass is 210 g/mol. The van der Waals surface area contributed by atoms with E-state index in [2.05, 4.69) is 0 Å². The Bertz CT molecular complexity index is 345. The molecule has 15 heavy (non-hydrogen) atoms. The maximum absolute atomic E-state index is 11.6. The zero-order valence-corrected chi connectivity index (χ0v) is 8.98. The molecule has 0 saturated heterocycles. The van der Waals surface area contributed by atoms with Crippen molar-refractivity contribution < 1.29 is 14.9 Å². The Kier molecular flexibility index (Phi) is 3.06. The van der Waals surface area contributed by atoms with Crippen LogP contribution in [-0.2, 0) is 5.11 Å². The molecule has 1 radical (unpaired) electrons. The Morgan fingerprint density at radius 2 is 1.80 bits per heavy atom. The Morgan fingerprint density at radius 3 is 2.20 bits per heavy atom. The van der Waals surface area contributed by atoms with Crippen molar-refractivity contribution in [3.63, 3.8) is 0 Å². The van der Waals surface area contributed by atoms with E-state index in [0.717, 1.165) is 0 Å². The summed E-state index contributed by atoms with van der Waals surface area (Å²) in [4.78, 5) is 11.5. The molecule has 0 amide bonds. The number of hydroxylamine groups is 2. The van der Waals surface area contributed by atoms with Gasteiger partial charge in [0.25, 0.3) is 0 Å². The molecule has 0 aromatic rings. The highest BCUT2D eigenvalue weighted by Crippen LogP contribution is 2.16. The zero-order valence-electron chi connectivity index (χ0n) is 8.98. The molecule has 81 valence electrons. The van der Waals surface area contributed by atoms with Gasteiger partial charge in [-0.1, -0.05) is 0 Å². The van der Waals surface area contributed by atoms with Crippen LogP contribution in [0.1, 0.15) is 20.8 Å². The predicted octanol–water partition coefficient (Wildman–Crippen LogP) is 0.630. The van der Waals surface area contributed by atoms with E-state index in [4.69, 9.17) is 0 Å². The summed E-state index contributed by atoms with van der Waals surface area (Å²) >= 11 is 0. The summed E-state index contributed by atoms with van der Waals surface area (Å²) in [7, 11) is 0. The molecule has 1 N–H and O–H groups in total. The maximum Gasteiger partial charge on any atom is 0.466 e. The lowest BCUT2D eigenvalue weighted by Crippen LogP contribution is -2.97. The van der Waals surface area contributed by atoms with E-state index in [1.54, 1.807) is 20.8 Å². The summed E-state index contributed by atoms with van der Waals surface area (Å²) in [6.45, 7) is 4.96. The van der Waals surface area contributed by atoms with Crippen LogP contribution in [0, 0.1) is 10.1 Å². The van der Waals surface area contributed by atoms with E-state index in [1.165, 1.54) is 24.6 Å². The molecular formula is C10H14N2O3+. The number of quaternary nitrogens is 1. The van der Waals surface area contributed by atoms with Gasteiger partial charge in [-0.2, -0.15) is 0 Å². The average Bonchev–Trinajstić information content (AvgIpc) is 2.15. The first-order chi connectivity index (χ1) is 6.82. The van der Waals surface area contributed by atoms with Crippen molar-refractivity contribution in [1.82, 2.24) is 0 Å². The van der Waals surface area contributed by atoms with Crippen LogP contribution in [0.15, 0.2) is 36.0 Å². The molecule has 0 spiro atoms. The van der Waals surface area contributed by atoms with Crippen molar-refractivity contribution in [1.29, 1.82) is 0 Å². The first-order valence-electron chi connectivity index (χ1n) is 4.61. The number of hydrogen-bond donors (Lipinski definition) is 1. The highest BCUT2D eigenvalue weighted by Gasteiger charge is 2.36. The van der Waals surface area contributed by atoms with Gasteiger partial charge in [-0.15, -0.1) is 0 Å². The second kappa shape index (κ2) is 3.96. The van der Waals surface area contributed by atoms with Crippen LogP contribution in [0.5, 0.6) is 0 Å². The van der Waals surface area contributed by atoms with Crippen molar-refractivity contribution in [2.24, 2.45) is 0 Å². The molecule has 5 heteroatoms. The van der Waals surface area contributed by atoms with Crippen LogP contribution < -0.4 is 5.06 Å². The molecule has 0 aromatic carbocycles. The lowest BCUT2D eigenvalue weighted by atomic mass is 10.1. The van der Waals surface area contributed by atoms with Crippen molar-refractivity contribution in [3.05, 3.63) is 46.1 Å². The van der Waals surface area contributed by atoms with Gasteiger partial charge in [-0.3, -0.25) is 0 Å². The summed E-state index contributed by atoms with van der Waals surface area (Å²) in [5.41, 5.74) is -0.535. The molecule has 1 aliphatic rings. The molecular weight excluding hydrogens is 196 g/mol. The number of rotatable bonds is 1. The third kappa shape index (κ3) is 2.74. The van der Waals surface area contributed by atoms with Crippen molar-refractivity contribution in [2.45, 2.75) is 26.3 Å². The third-order valence-corrected chi connectivity index (χ3v) is 1.89. The van der Waals surface area contributed by atoms with Crippen LogP contribution in [0.3, 0.4) is 0 Å². The number of hydrogen-bond acceptors (Lipinski definition) is 2. The zero-order chi connectivity index (χ0) is 11.6. The summed E-state index contributed by atoms with van der Waals surface area (Å²) < 4.78 is 0.410. The number of nitroso groups, excluding NO2 is 1. The van der Waals surface area contributed by atoms with Gasteiger partial charge < -0.3 is 10.3 Å². The van der Waals surface area contributed by atoms with Crippen molar-refractivity contribution in [2.75, 3.05) is 0 Å². The quantitative estimate of drug-likeness (QED) is 0.392. The van der Waals surface area contributed by atoms with Gasteiger partial charge in [0.1, 0.15) is 5.57 Å². The summed E-state index contributed by atoms with van der Waals surface area (Å²) in [5, 5.41) is 22.2. The number of nitrogens with zero attached hydrogens (tertiary/aromatic N) is 1. The minimum atomic E-state index is -0.771. The Labute approximate surface area is 88.2 Å². The van der Waals surface area contributed by atoms with Gasteiger partial charge in [-0.25, -0.2) is 5.11 Å². The molecule has 1 aliphatic heterocycles. The smallest absolute Gasteiger partial charge is 0.466 e. The van der Waals surface area contributed by atoms with Crippen LogP contribution in [0.4, 0.5) is 0 Å². The van der Waals surface area contributed by atoms with Crippen LogP contribution in [0.25, 0.3) is 0 Å². The molecule has 0 atom stereocenters. The topological polar surface area (TPSA) is 67.5 Å². The molecule has 1 heterocycles. The average molecular weight is 210 g/mol. The van der Waals surface area contributed by atoms with Crippen molar-refractivity contribution in [3.8, 4) is 0 Å². The van der Waals surface area contributed by atoms with E-state index in [1.807, 2.05) is 0 Å². The first-order valence-corrected chi connectivity index (χ1v) is 4.61. The second-order valence-electron chi connectivity index (χ2n) is 4.29. The fraction of sp³-hybridized carbons (Fsp3) is 0.400. The Morgan fingerprint density at radius 1 is 1.33 bits per heavy atom. The SMILES string of the molecule is CC(C)(C)[N+](=O)C([O])=C1C=C[NH+]([O-])C=C1. The molecule has 5 nitrogen and oxygen atoms in total. The fourth-order valence-corrected chi connectivity index (χ4v) is 1.02. The van der Waals surface area contributed by atoms with E-state index < -0.39 is 11.4 Å². The molecule has 0 fully saturated rings. The van der Waals surface area contributed by atoms with Crippen LogP contribution >= 0.6 is 0 Å². The minimum absolute atomic E-state index is 0.181. The van der Waals surface area contributed by atoms with Gasteiger partial charge in [0.15, 0.2) is 0 Å². The highest BCUT2D eigenvalue weighted by atomic mass is 16.5. The van der Waals surface area contributed by atoms with Gasteiger partial charge in [0.05, 0.1) is 17.2 Å². The number of allylic oxidation sites excluding steroid dienone is 3. The molecule has 0 saturated carbocycles. The lowest BCUT2D eigenvalue weighted by molar-refractivity contribution is -0.730. The minimum Gasteiger partial charge on any atom is -0.624 e. The van der Waals surface area contributed by atoms with E-state index >= 15 is 0 Å². The van der Waals surface area contributed by atoms with Gasteiger partial charge in [-0.05, 0) is 0 Å². The standard InChI is InChI=1S/C10H14N2O3/c1-10(2,3)12(15)9(13)8-4-6-11(14)7-5-8/h4-7,11H,1-3H3/q+1.